The minimum atomic E-state index is -4.43. The number of piperazine rings is 1. The maximum atomic E-state index is 12.9. The van der Waals surface area contributed by atoms with Gasteiger partial charge in [0.2, 0.25) is 11.9 Å². The molecule has 0 amide bonds. The van der Waals surface area contributed by atoms with Gasteiger partial charge in [0.05, 0.1) is 12.1 Å². The van der Waals surface area contributed by atoms with Crippen molar-refractivity contribution in [2.45, 2.75) is 12.7 Å². The molecule has 0 radical (unpaired) electrons. The lowest BCUT2D eigenvalue weighted by molar-refractivity contribution is -0.137. The summed E-state index contributed by atoms with van der Waals surface area (Å²) in [5.74, 6) is 0.599. The highest BCUT2D eigenvalue weighted by atomic mass is 19.4. The minimum Gasteiger partial charge on any atom is -0.369 e. The summed E-state index contributed by atoms with van der Waals surface area (Å²) in [6.45, 7) is 3.89. The van der Waals surface area contributed by atoms with Crippen LogP contribution in [0.3, 0.4) is 0 Å². The number of nitrogens with two attached hydrogens (primary N) is 1. The lowest BCUT2D eigenvalue weighted by atomic mass is 10.2. The SMILES string of the molecule is Nc1nc(CN2CCN(c3ccccc3)CC2)nc(Nc2cccc(C(F)(F)F)c2)n1. The highest BCUT2D eigenvalue weighted by Crippen LogP contribution is 2.31. The van der Waals surface area contributed by atoms with Crippen LogP contribution in [0.4, 0.5) is 36.4 Å². The molecule has 10 heteroatoms. The molecule has 0 spiro atoms. The van der Waals surface area contributed by atoms with Gasteiger partial charge in [-0.3, -0.25) is 4.90 Å². The van der Waals surface area contributed by atoms with Crippen LogP contribution in [0.2, 0.25) is 0 Å². The number of halogens is 3. The molecule has 3 N–H and O–H groups in total. The number of nitrogen functional groups attached to an aromatic ring is 1. The molecule has 0 saturated carbocycles. The molecule has 1 aliphatic rings. The summed E-state index contributed by atoms with van der Waals surface area (Å²) in [5, 5.41) is 2.79. The second kappa shape index (κ2) is 8.76. The second-order valence-electron chi connectivity index (χ2n) is 7.24. The molecule has 0 bridgehead atoms. The second-order valence-corrected chi connectivity index (χ2v) is 7.24. The van der Waals surface area contributed by atoms with Crippen molar-refractivity contribution in [3.63, 3.8) is 0 Å². The molecule has 0 unspecified atom stereocenters. The standard InChI is InChI=1S/C21H22F3N7/c22-21(23,24)15-5-4-6-16(13-15)26-20-28-18(27-19(25)29-20)14-30-9-11-31(12-10-30)17-7-2-1-3-8-17/h1-8,13H,9-12,14H2,(H3,25,26,27,28,29). The first kappa shape index (κ1) is 20.9. The smallest absolute Gasteiger partial charge is 0.369 e. The van der Waals surface area contributed by atoms with Crippen molar-refractivity contribution in [2.75, 3.05) is 42.1 Å². The molecule has 1 fully saturated rings. The summed E-state index contributed by atoms with van der Waals surface area (Å²) in [4.78, 5) is 17.1. The zero-order valence-corrected chi connectivity index (χ0v) is 16.7. The van der Waals surface area contributed by atoms with Gasteiger partial charge in [-0.1, -0.05) is 24.3 Å². The van der Waals surface area contributed by atoms with Crippen molar-refractivity contribution in [1.29, 1.82) is 0 Å². The number of nitrogens with zero attached hydrogens (tertiary/aromatic N) is 5. The van der Waals surface area contributed by atoms with Crippen LogP contribution in [0.25, 0.3) is 0 Å². The van der Waals surface area contributed by atoms with Crippen LogP contribution < -0.4 is 16.0 Å². The molecule has 1 saturated heterocycles. The van der Waals surface area contributed by atoms with Crippen LogP contribution in [0, 0.1) is 0 Å². The lowest BCUT2D eigenvalue weighted by Crippen LogP contribution is -2.46. The van der Waals surface area contributed by atoms with Gasteiger partial charge in [-0.05, 0) is 30.3 Å². The highest BCUT2D eigenvalue weighted by Gasteiger charge is 2.30. The number of hydrogen-bond donors (Lipinski definition) is 2. The maximum Gasteiger partial charge on any atom is 0.416 e. The van der Waals surface area contributed by atoms with E-state index in [1.54, 1.807) is 0 Å². The molecule has 1 aromatic heterocycles. The Morgan fingerprint density at radius 2 is 1.65 bits per heavy atom. The van der Waals surface area contributed by atoms with Gasteiger partial charge in [-0.2, -0.15) is 28.1 Å². The Bertz CT molecular complexity index is 1020. The maximum absolute atomic E-state index is 12.9. The van der Waals surface area contributed by atoms with E-state index in [9.17, 15) is 13.2 Å². The zero-order chi connectivity index (χ0) is 21.8. The topological polar surface area (TPSA) is 83.2 Å². The summed E-state index contributed by atoms with van der Waals surface area (Å²) >= 11 is 0. The largest absolute Gasteiger partial charge is 0.416 e. The van der Waals surface area contributed by atoms with Crippen molar-refractivity contribution in [1.82, 2.24) is 19.9 Å². The Kier molecular flexibility index (Phi) is 5.90. The molecule has 0 atom stereocenters. The van der Waals surface area contributed by atoms with Gasteiger partial charge >= 0.3 is 6.18 Å². The molecule has 31 heavy (non-hydrogen) atoms. The number of nitrogens with one attached hydrogen (secondary N) is 1. The average molecular weight is 429 g/mol. The van der Waals surface area contributed by atoms with Crippen molar-refractivity contribution in [3.8, 4) is 0 Å². The first-order chi connectivity index (χ1) is 14.9. The van der Waals surface area contributed by atoms with E-state index in [-0.39, 0.29) is 17.6 Å². The molecule has 7 nitrogen and oxygen atoms in total. The van der Waals surface area contributed by atoms with Crippen LogP contribution in [0.15, 0.2) is 54.6 Å². The molecular weight excluding hydrogens is 407 g/mol. The summed E-state index contributed by atoms with van der Waals surface area (Å²) in [6.07, 6.45) is -4.43. The van der Waals surface area contributed by atoms with Crippen LogP contribution in [0.5, 0.6) is 0 Å². The first-order valence-electron chi connectivity index (χ1n) is 9.84. The Labute approximate surface area is 177 Å². The molecule has 4 rings (SSSR count). The average Bonchev–Trinajstić information content (AvgIpc) is 2.74. The zero-order valence-electron chi connectivity index (χ0n) is 16.7. The van der Waals surface area contributed by atoms with Crippen molar-refractivity contribution in [3.05, 3.63) is 66.0 Å². The third-order valence-corrected chi connectivity index (χ3v) is 5.00. The predicted octanol–water partition coefficient (Wildman–Crippen LogP) is 3.54. The molecular formula is C21H22F3N7. The fourth-order valence-corrected chi connectivity index (χ4v) is 3.47. The quantitative estimate of drug-likeness (QED) is 0.642. The molecule has 0 aliphatic carbocycles. The van der Waals surface area contributed by atoms with Crippen LogP contribution in [-0.4, -0.2) is 46.0 Å². The Balaban J connectivity index is 1.41. The van der Waals surface area contributed by atoms with E-state index in [4.69, 9.17) is 5.73 Å². The fourth-order valence-electron chi connectivity index (χ4n) is 3.47. The summed E-state index contributed by atoms with van der Waals surface area (Å²) < 4.78 is 38.8. The van der Waals surface area contributed by atoms with Gasteiger partial charge < -0.3 is 16.0 Å². The summed E-state index contributed by atoms with van der Waals surface area (Å²) in [5.41, 5.74) is 6.47. The number of anilines is 4. The normalized spacial score (nSPS) is 15.1. The summed E-state index contributed by atoms with van der Waals surface area (Å²) in [6, 6.07) is 15.1. The van der Waals surface area contributed by atoms with Crippen molar-refractivity contribution in [2.24, 2.45) is 0 Å². The predicted molar refractivity (Wildman–Crippen MR) is 113 cm³/mol. The van der Waals surface area contributed by atoms with Crippen molar-refractivity contribution >= 4 is 23.3 Å². The highest BCUT2D eigenvalue weighted by molar-refractivity contribution is 5.55. The van der Waals surface area contributed by atoms with Crippen LogP contribution in [0.1, 0.15) is 11.4 Å². The van der Waals surface area contributed by atoms with Gasteiger partial charge in [0.1, 0.15) is 5.82 Å². The van der Waals surface area contributed by atoms with E-state index < -0.39 is 11.7 Å². The van der Waals surface area contributed by atoms with E-state index in [0.29, 0.717) is 12.4 Å². The van der Waals surface area contributed by atoms with Crippen LogP contribution >= 0.6 is 0 Å². The molecule has 2 heterocycles. The molecule has 2 aromatic carbocycles. The van der Waals surface area contributed by atoms with Gasteiger partial charge in [0.25, 0.3) is 0 Å². The van der Waals surface area contributed by atoms with E-state index >= 15 is 0 Å². The molecule has 1 aliphatic heterocycles. The minimum absolute atomic E-state index is 0.0161. The third kappa shape index (κ3) is 5.40. The van der Waals surface area contributed by atoms with Gasteiger partial charge in [-0.25, -0.2) is 0 Å². The lowest BCUT2D eigenvalue weighted by Gasteiger charge is -2.35. The summed E-state index contributed by atoms with van der Waals surface area (Å²) in [7, 11) is 0. The fraction of sp³-hybridized carbons (Fsp3) is 0.286. The Hall–Kier alpha value is -3.40. The van der Waals surface area contributed by atoms with E-state index in [0.717, 1.165) is 38.3 Å². The Morgan fingerprint density at radius 1 is 0.903 bits per heavy atom. The van der Waals surface area contributed by atoms with Crippen molar-refractivity contribution < 1.29 is 13.2 Å². The van der Waals surface area contributed by atoms with E-state index in [2.05, 4.69) is 42.2 Å². The molecule has 3 aromatic rings. The number of aromatic nitrogens is 3. The van der Waals surface area contributed by atoms with E-state index in [1.807, 2.05) is 18.2 Å². The number of alkyl halides is 3. The van der Waals surface area contributed by atoms with E-state index in [1.165, 1.54) is 17.8 Å². The number of para-hydroxylation sites is 1. The monoisotopic (exact) mass is 429 g/mol. The number of rotatable bonds is 5. The number of benzene rings is 2. The third-order valence-electron chi connectivity index (χ3n) is 5.00. The van der Waals surface area contributed by atoms with Gasteiger partial charge in [-0.15, -0.1) is 0 Å². The van der Waals surface area contributed by atoms with Crippen LogP contribution in [-0.2, 0) is 12.7 Å². The van der Waals surface area contributed by atoms with Gasteiger partial charge in [0.15, 0.2) is 0 Å². The first-order valence-corrected chi connectivity index (χ1v) is 9.84. The molecule has 162 valence electrons. The van der Waals surface area contributed by atoms with Gasteiger partial charge in [0, 0.05) is 37.6 Å². The Morgan fingerprint density at radius 3 is 2.35 bits per heavy atom. The number of hydrogen-bond acceptors (Lipinski definition) is 7.